The number of hydrogen-bond donors (Lipinski definition) is 2. The second-order valence-corrected chi connectivity index (χ2v) is 10.0. The van der Waals surface area contributed by atoms with Crippen molar-refractivity contribution in [3.8, 4) is 0 Å². The van der Waals surface area contributed by atoms with E-state index in [-0.39, 0.29) is 18.1 Å². The van der Waals surface area contributed by atoms with Gasteiger partial charge in [0, 0.05) is 5.92 Å². The topological polar surface area (TPSA) is 43.7 Å². The summed E-state index contributed by atoms with van der Waals surface area (Å²) in [7, 11) is 0. The zero-order valence-corrected chi connectivity index (χ0v) is 20.2. The van der Waals surface area contributed by atoms with Gasteiger partial charge >= 0.3 is 0 Å². The molecular formula is C27H49NO2. The van der Waals surface area contributed by atoms with Gasteiger partial charge in [-0.1, -0.05) is 77.2 Å². The van der Waals surface area contributed by atoms with E-state index in [1.165, 1.54) is 51.5 Å². The number of fused-ring (bicyclic) bond motifs is 1. The van der Waals surface area contributed by atoms with Crippen LogP contribution in [0.5, 0.6) is 0 Å². The van der Waals surface area contributed by atoms with Gasteiger partial charge in [-0.25, -0.2) is 0 Å². The fourth-order valence-electron chi connectivity index (χ4n) is 5.61. The lowest BCUT2D eigenvalue weighted by Gasteiger charge is -2.20. The molecule has 6 atom stereocenters. The molecule has 0 aromatic rings. The van der Waals surface area contributed by atoms with Crippen LogP contribution in [0.1, 0.15) is 91.9 Å². The van der Waals surface area contributed by atoms with Crippen molar-refractivity contribution in [3.63, 3.8) is 0 Å². The molecule has 174 valence electrons. The minimum absolute atomic E-state index is 0.215. The molecule has 0 saturated heterocycles. The number of aliphatic hydroxyl groups excluding tert-OH is 2. The van der Waals surface area contributed by atoms with Gasteiger partial charge in [0.15, 0.2) is 0 Å². The van der Waals surface area contributed by atoms with E-state index in [1.807, 2.05) is 6.08 Å². The minimum Gasteiger partial charge on any atom is -0.392 e. The zero-order valence-electron chi connectivity index (χ0n) is 20.2. The van der Waals surface area contributed by atoms with Crippen LogP contribution in [0.2, 0.25) is 0 Å². The Morgan fingerprint density at radius 1 is 1.13 bits per heavy atom. The summed E-state index contributed by atoms with van der Waals surface area (Å²) < 4.78 is 0. The third kappa shape index (κ3) is 8.13. The van der Waals surface area contributed by atoms with Crippen LogP contribution in [-0.4, -0.2) is 47.0 Å². The Hall–Kier alpha value is -0.640. The fraction of sp³-hybridized carbons (Fsp3) is 0.852. The average Bonchev–Trinajstić information content (AvgIpc) is 3.23. The third-order valence-corrected chi connectivity index (χ3v) is 7.57. The molecule has 0 aromatic heterocycles. The smallest absolute Gasteiger partial charge is 0.0723 e. The molecule has 0 unspecified atom stereocenters. The molecule has 0 spiro atoms. The molecule has 3 heteroatoms. The predicted molar refractivity (Wildman–Crippen MR) is 129 cm³/mol. The van der Waals surface area contributed by atoms with E-state index in [1.54, 1.807) is 5.57 Å². The maximum Gasteiger partial charge on any atom is 0.0723 e. The van der Waals surface area contributed by atoms with E-state index in [2.05, 4.69) is 44.7 Å². The highest BCUT2D eigenvalue weighted by Gasteiger charge is 2.43. The van der Waals surface area contributed by atoms with Crippen molar-refractivity contribution in [1.82, 2.24) is 4.90 Å². The van der Waals surface area contributed by atoms with Gasteiger partial charge in [-0.15, -0.1) is 0 Å². The van der Waals surface area contributed by atoms with E-state index >= 15 is 0 Å². The van der Waals surface area contributed by atoms with Gasteiger partial charge in [0.1, 0.15) is 0 Å². The first-order valence-electron chi connectivity index (χ1n) is 12.9. The molecule has 1 saturated carbocycles. The van der Waals surface area contributed by atoms with Crippen LogP contribution in [0.15, 0.2) is 23.8 Å². The first kappa shape index (κ1) is 25.6. The molecule has 0 bridgehead atoms. The molecule has 0 amide bonds. The van der Waals surface area contributed by atoms with Gasteiger partial charge in [-0.2, -0.15) is 0 Å². The zero-order chi connectivity index (χ0) is 21.9. The van der Waals surface area contributed by atoms with Crippen molar-refractivity contribution in [3.05, 3.63) is 23.8 Å². The summed E-state index contributed by atoms with van der Waals surface area (Å²) in [5.74, 6) is 1.87. The van der Waals surface area contributed by atoms with Crippen LogP contribution in [0.25, 0.3) is 0 Å². The Bertz CT molecular complexity index is 525. The molecule has 30 heavy (non-hydrogen) atoms. The Kier molecular flexibility index (Phi) is 11.7. The van der Waals surface area contributed by atoms with E-state index in [0.717, 1.165) is 32.4 Å². The second kappa shape index (κ2) is 13.7. The lowest BCUT2D eigenvalue weighted by Crippen LogP contribution is -2.23. The molecule has 0 aliphatic heterocycles. The Morgan fingerprint density at radius 2 is 1.90 bits per heavy atom. The van der Waals surface area contributed by atoms with Gasteiger partial charge in [0.05, 0.1) is 12.2 Å². The van der Waals surface area contributed by atoms with Crippen LogP contribution in [0, 0.1) is 23.7 Å². The number of nitrogens with zero attached hydrogens (tertiary/aromatic N) is 1. The SMILES string of the molecule is CCCC[C@@H](C)C[C@H](O)/C=C/[C@@H]1[C@H]2CC(CCCCCN(CC)CC)=C[C@H]2C[C@H]1O. The minimum atomic E-state index is -0.372. The van der Waals surface area contributed by atoms with Crippen molar-refractivity contribution in [2.75, 3.05) is 19.6 Å². The van der Waals surface area contributed by atoms with Gasteiger partial charge in [0.2, 0.25) is 0 Å². The second-order valence-electron chi connectivity index (χ2n) is 10.0. The van der Waals surface area contributed by atoms with Crippen LogP contribution >= 0.6 is 0 Å². The van der Waals surface area contributed by atoms with Gasteiger partial charge in [-0.3, -0.25) is 0 Å². The first-order chi connectivity index (χ1) is 14.5. The summed E-state index contributed by atoms with van der Waals surface area (Å²) in [6.45, 7) is 12.5. The monoisotopic (exact) mass is 419 g/mol. The Balaban J connectivity index is 1.72. The maximum atomic E-state index is 10.6. The van der Waals surface area contributed by atoms with E-state index < -0.39 is 0 Å². The van der Waals surface area contributed by atoms with Crippen LogP contribution in [-0.2, 0) is 0 Å². The number of unbranched alkanes of at least 4 members (excludes halogenated alkanes) is 3. The fourth-order valence-corrected chi connectivity index (χ4v) is 5.61. The van der Waals surface area contributed by atoms with E-state index in [9.17, 15) is 10.2 Å². The number of aliphatic hydroxyl groups is 2. The molecule has 2 aliphatic carbocycles. The molecule has 1 fully saturated rings. The molecule has 2 N–H and O–H groups in total. The third-order valence-electron chi connectivity index (χ3n) is 7.57. The molecule has 0 radical (unpaired) electrons. The molecule has 3 nitrogen and oxygen atoms in total. The molecule has 2 aliphatic rings. The standard InChI is InChI=1S/C27H49NO2/c1-5-8-12-21(4)17-24(29)14-15-25-26-19-22(18-23(26)20-27(25)30)13-10-9-11-16-28(6-2)7-3/h14-15,18,21,23-27,29-30H,5-13,16-17,19-20H2,1-4H3/b15-14+/t21-,23+,24-,25-,26+,27-/m1/s1. The largest absolute Gasteiger partial charge is 0.392 e. The number of allylic oxidation sites excluding steroid dienone is 2. The van der Waals surface area contributed by atoms with Crippen LogP contribution in [0.3, 0.4) is 0 Å². The summed E-state index contributed by atoms with van der Waals surface area (Å²) in [4.78, 5) is 2.51. The highest BCUT2D eigenvalue weighted by molar-refractivity contribution is 5.21. The molecule has 0 aromatic carbocycles. The first-order valence-corrected chi connectivity index (χ1v) is 12.9. The summed E-state index contributed by atoms with van der Waals surface area (Å²) in [6, 6.07) is 0. The Morgan fingerprint density at radius 3 is 2.60 bits per heavy atom. The lowest BCUT2D eigenvalue weighted by molar-refractivity contribution is 0.139. The summed E-state index contributed by atoms with van der Waals surface area (Å²) >= 11 is 0. The van der Waals surface area contributed by atoms with Crippen molar-refractivity contribution in [2.24, 2.45) is 23.7 Å². The van der Waals surface area contributed by atoms with Crippen molar-refractivity contribution < 1.29 is 10.2 Å². The molecule has 0 heterocycles. The summed E-state index contributed by atoms with van der Waals surface area (Å²) in [5, 5.41) is 21.0. The summed E-state index contributed by atoms with van der Waals surface area (Å²) in [5.41, 5.74) is 1.62. The normalized spacial score (nSPS) is 28.3. The maximum absolute atomic E-state index is 10.6. The van der Waals surface area contributed by atoms with Gasteiger partial charge in [0.25, 0.3) is 0 Å². The van der Waals surface area contributed by atoms with Crippen LogP contribution in [0.4, 0.5) is 0 Å². The van der Waals surface area contributed by atoms with Crippen molar-refractivity contribution >= 4 is 0 Å². The lowest BCUT2D eigenvalue weighted by atomic mass is 9.88. The summed E-state index contributed by atoms with van der Waals surface area (Å²) in [6.07, 6.45) is 17.7. The quantitative estimate of drug-likeness (QED) is 0.254. The van der Waals surface area contributed by atoms with E-state index in [4.69, 9.17) is 0 Å². The van der Waals surface area contributed by atoms with Crippen molar-refractivity contribution in [2.45, 2.75) is 104 Å². The average molecular weight is 420 g/mol. The van der Waals surface area contributed by atoms with E-state index in [0.29, 0.717) is 17.8 Å². The number of hydrogen-bond acceptors (Lipinski definition) is 3. The molecule has 2 rings (SSSR count). The highest BCUT2D eigenvalue weighted by atomic mass is 16.3. The van der Waals surface area contributed by atoms with Gasteiger partial charge in [-0.05, 0) is 75.9 Å². The predicted octanol–water partition coefficient (Wildman–Crippen LogP) is 5.97. The number of rotatable bonds is 15. The highest BCUT2D eigenvalue weighted by Crippen LogP contribution is 2.48. The Labute approximate surface area is 186 Å². The van der Waals surface area contributed by atoms with Crippen molar-refractivity contribution in [1.29, 1.82) is 0 Å². The molecular weight excluding hydrogens is 370 g/mol. The van der Waals surface area contributed by atoms with Crippen LogP contribution < -0.4 is 0 Å². The van der Waals surface area contributed by atoms with Gasteiger partial charge < -0.3 is 15.1 Å².